The first-order valence-electron chi connectivity index (χ1n) is 7.59. The van der Waals surface area contributed by atoms with Crippen LogP contribution in [0.3, 0.4) is 0 Å². The van der Waals surface area contributed by atoms with E-state index < -0.39 is 12.7 Å². The second-order valence-corrected chi connectivity index (χ2v) is 6.57. The molecule has 0 aromatic carbocycles. The number of nitrogens with two attached hydrogens (primary N) is 1. The molecule has 0 bridgehead atoms. The first-order valence-corrected chi connectivity index (χ1v) is 8.76. The summed E-state index contributed by atoms with van der Waals surface area (Å²) in [6.07, 6.45) is 1.89. The van der Waals surface area contributed by atoms with Crippen LogP contribution in [-0.2, 0) is 17.7 Å². The Hall–Kier alpha value is -1.75. The number of halogens is 4. The van der Waals surface area contributed by atoms with Crippen molar-refractivity contribution >= 4 is 38.9 Å². The third-order valence-electron chi connectivity index (χ3n) is 3.55. The Kier molecular flexibility index (Phi) is 6.07. The minimum absolute atomic E-state index is 0.0487. The highest BCUT2D eigenvalue weighted by atomic mass is 79.9. The predicted molar refractivity (Wildman–Crippen MR) is 95.4 cm³/mol. The number of rotatable bonds is 8. The summed E-state index contributed by atoms with van der Waals surface area (Å²) in [4.78, 5) is 4.20. The molecule has 3 aromatic rings. The molecule has 3 heterocycles. The number of hydrogen-bond acceptors (Lipinski definition) is 6. The van der Waals surface area contributed by atoms with Crippen LogP contribution in [0.2, 0.25) is 5.28 Å². The maximum atomic E-state index is 12.1. The number of hydrogen-bond donors (Lipinski definition) is 2. The molecule has 1 atom stereocenters. The Balaban J connectivity index is 1.83. The summed E-state index contributed by atoms with van der Waals surface area (Å²) in [5.41, 5.74) is 7.29. The van der Waals surface area contributed by atoms with Gasteiger partial charge in [0, 0.05) is 6.04 Å². The lowest BCUT2D eigenvalue weighted by molar-refractivity contribution is -0.131. The Bertz CT molecular complexity index is 875. The van der Waals surface area contributed by atoms with E-state index in [0.717, 1.165) is 11.3 Å². The van der Waals surface area contributed by atoms with Crippen molar-refractivity contribution in [1.82, 2.24) is 14.6 Å². The lowest BCUT2D eigenvalue weighted by atomic mass is 10.1. The van der Waals surface area contributed by atoms with Crippen LogP contribution in [0.25, 0.3) is 5.52 Å². The number of alkyl halides is 2. The molecule has 140 valence electrons. The van der Waals surface area contributed by atoms with E-state index in [4.69, 9.17) is 21.8 Å². The largest absolute Gasteiger partial charge is 0.467 e. The molecule has 0 amide bonds. The second kappa shape index (κ2) is 8.30. The van der Waals surface area contributed by atoms with E-state index in [2.05, 4.69) is 36.1 Å². The van der Waals surface area contributed by atoms with Crippen molar-refractivity contribution < 1.29 is 17.9 Å². The fourth-order valence-electron chi connectivity index (χ4n) is 2.44. The third-order valence-corrected chi connectivity index (χ3v) is 4.55. The number of nitrogens with one attached hydrogen (secondary N) is 1. The molecule has 0 radical (unpaired) electrons. The summed E-state index contributed by atoms with van der Waals surface area (Å²) in [6.45, 7) is -2.69. The molecule has 0 saturated heterocycles. The Morgan fingerprint density at radius 3 is 2.96 bits per heavy atom. The zero-order valence-electron chi connectivity index (χ0n) is 13.3. The van der Waals surface area contributed by atoms with E-state index in [0.29, 0.717) is 28.9 Å². The lowest BCUT2D eigenvalue weighted by Gasteiger charge is -2.10. The highest BCUT2D eigenvalue weighted by Crippen LogP contribution is 2.27. The zero-order valence-corrected chi connectivity index (χ0v) is 15.7. The standard InChI is InChI=1S/C15H15BrClF2N5O2/c16-12-8(4-9(20)7-26-15(18)19)5-11-13(22-14(17)23-24(11)12)21-6-10-2-1-3-25-10/h1-3,5,9,15H,4,6-7,20H2,(H,21,22,23). The molecule has 1 unspecified atom stereocenters. The maximum absolute atomic E-state index is 12.1. The van der Waals surface area contributed by atoms with Gasteiger partial charge in [0.05, 0.1) is 19.4 Å². The van der Waals surface area contributed by atoms with E-state index >= 15 is 0 Å². The van der Waals surface area contributed by atoms with E-state index in [9.17, 15) is 8.78 Å². The SMILES string of the molecule is NC(COC(F)F)Cc1cc2c(NCc3ccco3)nc(Cl)nn2c1Br. The number of ether oxygens (including phenoxy) is 1. The van der Waals surface area contributed by atoms with Crippen LogP contribution in [0.5, 0.6) is 0 Å². The molecular formula is C15H15BrClF2N5O2. The van der Waals surface area contributed by atoms with Crippen molar-refractivity contribution in [1.29, 1.82) is 0 Å². The first-order chi connectivity index (χ1) is 12.4. The minimum atomic E-state index is -2.85. The summed E-state index contributed by atoms with van der Waals surface area (Å²) in [5.74, 6) is 1.24. The Morgan fingerprint density at radius 2 is 2.27 bits per heavy atom. The van der Waals surface area contributed by atoms with Gasteiger partial charge in [0.2, 0.25) is 5.28 Å². The van der Waals surface area contributed by atoms with Crippen LogP contribution in [0.4, 0.5) is 14.6 Å². The van der Waals surface area contributed by atoms with Crippen LogP contribution >= 0.6 is 27.5 Å². The average molecular weight is 451 g/mol. The van der Waals surface area contributed by atoms with Gasteiger partial charge in [-0.3, -0.25) is 0 Å². The highest BCUT2D eigenvalue weighted by Gasteiger charge is 2.17. The van der Waals surface area contributed by atoms with Crippen LogP contribution in [0.15, 0.2) is 33.5 Å². The third kappa shape index (κ3) is 4.50. The van der Waals surface area contributed by atoms with Crippen molar-refractivity contribution in [3.8, 4) is 0 Å². The fraction of sp³-hybridized carbons (Fsp3) is 0.333. The molecule has 3 N–H and O–H groups in total. The first kappa shape index (κ1) is 19.0. The molecule has 0 spiro atoms. The fourth-order valence-corrected chi connectivity index (χ4v) is 3.15. The van der Waals surface area contributed by atoms with Gasteiger partial charge in [-0.25, -0.2) is 4.52 Å². The van der Waals surface area contributed by atoms with Gasteiger partial charge >= 0.3 is 6.61 Å². The van der Waals surface area contributed by atoms with E-state index in [-0.39, 0.29) is 11.9 Å². The van der Waals surface area contributed by atoms with E-state index in [1.807, 2.05) is 12.1 Å². The van der Waals surface area contributed by atoms with Crippen LogP contribution in [0.1, 0.15) is 11.3 Å². The molecule has 26 heavy (non-hydrogen) atoms. The van der Waals surface area contributed by atoms with Crippen molar-refractivity contribution in [2.75, 3.05) is 11.9 Å². The van der Waals surface area contributed by atoms with E-state index in [1.54, 1.807) is 16.8 Å². The summed E-state index contributed by atoms with van der Waals surface area (Å²) in [7, 11) is 0. The molecule has 7 nitrogen and oxygen atoms in total. The maximum Gasteiger partial charge on any atom is 0.345 e. The number of anilines is 1. The molecule has 0 aliphatic heterocycles. The molecule has 11 heteroatoms. The van der Waals surface area contributed by atoms with Crippen molar-refractivity contribution in [2.45, 2.75) is 25.6 Å². The molecule has 3 aromatic heterocycles. The number of fused-ring (bicyclic) bond motifs is 1. The predicted octanol–water partition coefficient (Wildman–Crippen LogP) is 3.46. The van der Waals surface area contributed by atoms with Crippen LogP contribution in [0, 0.1) is 0 Å². The average Bonchev–Trinajstić information content (AvgIpc) is 3.21. The summed E-state index contributed by atoms with van der Waals surface area (Å²) in [5, 5.41) is 7.34. The van der Waals surface area contributed by atoms with Crippen LogP contribution in [-0.4, -0.2) is 33.9 Å². The van der Waals surface area contributed by atoms with E-state index in [1.165, 1.54) is 0 Å². The van der Waals surface area contributed by atoms with Gasteiger partial charge in [0.1, 0.15) is 15.9 Å². The van der Waals surface area contributed by atoms with Gasteiger partial charge in [-0.1, -0.05) is 0 Å². The van der Waals surface area contributed by atoms with Gasteiger partial charge in [-0.2, -0.15) is 13.8 Å². The van der Waals surface area contributed by atoms with Crippen LogP contribution < -0.4 is 11.1 Å². The highest BCUT2D eigenvalue weighted by molar-refractivity contribution is 9.10. The number of furan rings is 1. The van der Waals surface area contributed by atoms with Gasteiger partial charge in [-0.15, -0.1) is 5.10 Å². The van der Waals surface area contributed by atoms with Gasteiger partial charge in [0.15, 0.2) is 5.82 Å². The normalized spacial score (nSPS) is 12.8. The summed E-state index contributed by atoms with van der Waals surface area (Å²) >= 11 is 9.44. The second-order valence-electron chi connectivity index (χ2n) is 5.48. The minimum Gasteiger partial charge on any atom is -0.467 e. The smallest absolute Gasteiger partial charge is 0.345 e. The van der Waals surface area contributed by atoms with Crippen molar-refractivity contribution in [3.63, 3.8) is 0 Å². The van der Waals surface area contributed by atoms with Crippen molar-refractivity contribution in [2.24, 2.45) is 5.73 Å². The zero-order chi connectivity index (χ0) is 18.7. The Labute approximate surface area is 160 Å². The number of nitrogens with zero attached hydrogens (tertiary/aromatic N) is 3. The molecule has 0 aliphatic carbocycles. The van der Waals surface area contributed by atoms with Gasteiger partial charge < -0.3 is 20.2 Å². The quantitative estimate of drug-likeness (QED) is 0.546. The Morgan fingerprint density at radius 1 is 1.46 bits per heavy atom. The lowest BCUT2D eigenvalue weighted by Crippen LogP contribution is -2.29. The molecule has 0 fully saturated rings. The molecule has 3 rings (SSSR count). The molecule has 0 saturated carbocycles. The number of aromatic nitrogens is 3. The molecule has 0 aliphatic rings. The summed E-state index contributed by atoms with van der Waals surface area (Å²) < 4.78 is 36.0. The van der Waals surface area contributed by atoms with Gasteiger partial charge in [0.25, 0.3) is 0 Å². The van der Waals surface area contributed by atoms with Crippen molar-refractivity contribution in [3.05, 3.63) is 45.7 Å². The molecular weight excluding hydrogens is 436 g/mol. The van der Waals surface area contributed by atoms with Gasteiger partial charge in [-0.05, 0) is 57.7 Å². The summed E-state index contributed by atoms with van der Waals surface area (Å²) in [6, 6.07) is 4.83. The monoisotopic (exact) mass is 449 g/mol. The topological polar surface area (TPSA) is 90.6 Å².